The van der Waals surface area contributed by atoms with E-state index in [1.807, 2.05) is 0 Å². The maximum absolute atomic E-state index is 12.5. The predicted molar refractivity (Wildman–Crippen MR) is 89.3 cm³/mol. The second-order valence-electron chi connectivity index (χ2n) is 5.43. The number of carbonyl (C=O) groups excluding carboxylic acids is 1. The molecule has 2 aromatic rings. The summed E-state index contributed by atoms with van der Waals surface area (Å²) in [4.78, 5) is 16.3. The third kappa shape index (κ3) is 4.17. The van der Waals surface area contributed by atoms with Crippen molar-refractivity contribution in [3.05, 3.63) is 41.8 Å². The molecule has 1 atom stereocenters. The Morgan fingerprint density at radius 1 is 1.42 bits per heavy atom. The van der Waals surface area contributed by atoms with Crippen molar-refractivity contribution in [1.29, 1.82) is 0 Å². The van der Waals surface area contributed by atoms with Crippen LogP contribution in [0.4, 0.5) is 13.9 Å². The van der Waals surface area contributed by atoms with Crippen LogP contribution in [0.2, 0.25) is 0 Å². The van der Waals surface area contributed by atoms with Crippen LogP contribution < -0.4 is 10.1 Å². The number of ether oxygens (including phenoxy) is 1. The van der Waals surface area contributed by atoms with Gasteiger partial charge in [-0.3, -0.25) is 4.79 Å². The topological polar surface area (TPSA) is 51.2 Å². The largest absolute Gasteiger partial charge is 0.434 e. The van der Waals surface area contributed by atoms with E-state index in [4.69, 9.17) is 0 Å². The lowest BCUT2D eigenvalue weighted by Gasteiger charge is -2.08. The maximum atomic E-state index is 12.5. The van der Waals surface area contributed by atoms with Crippen LogP contribution in [0.5, 0.6) is 5.75 Å². The molecule has 0 spiro atoms. The highest BCUT2D eigenvalue weighted by atomic mass is 32.1. The van der Waals surface area contributed by atoms with E-state index in [0.717, 1.165) is 12.8 Å². The molecule has 0 radical (unpaired) electrons. The zero-order chi connectivity index (χ0) is 16.9. The fourth-order valence-electron chi connectivity index (χ4n) is 2.61. The van der Waals surface area contributed by atoms with Crippen molar-refractivity contribution in [2.24, 2.45) is 5.92 Å². The summed E-state index contributed by atoms with van der Waals surface area (Å²) in [6.45, 7) is -2.90. The second kappa shape index (κ2) is 7.53. The number of carbonyl (C=O) groups is 1. The molecule has 1 aromatic heterocycles. The second-order valence-corrected chi connectivity index (χ2v) is 6.29. The van der Waals surface area contributed by atoms with Crippen LogP contribution in [-0.2, 0) is 4.79 Å². The van der Waals surface area contributed by atoms with Gasteiger partial charge in [-0.2, -0.15) is 8.78 Å². The first-order valence-electron chi connectivity index (χ1n) is 7.58. The van der Waals surface area contributed by atoms with Crippen molar-refractivity contribution in [2.75, 3.05) is 5.32 Å². The molecule has 1 aromatic carbocycles. The van der Waals surface area contributed by atoms with Crippen molar-refractivity contribution < 1.29 is 18.3 Å². The first-order valence-corrected chi connectivity index (χ1v) is 8.46. The Hall–Kier alpha value is -2.28. The Kier molecular flexibility index (Phi) is 5.20. The summed E-state index contributed by atoms with van der Waals surface area (Å²) in [6, 6.07) is 6.45. The van der Waals surface area contributed by atoms with Gasteiger partial charge in [0.2, 0.25) is 5.91 Å². The monoisotopic (exact) mass is 350 g/mol. The number of allylic oxidation sites excluding steroid dienone is 2. The molecule has 0 bridgehead atoms. The fourth-order valence-corrected chi connectivity index (χ4v) is 3.33. The third-order valence-electron chi connectivity index (χ3n) is 3.69. The Bertz CT molecular complexity index is 746. The number of amides is 1. The van der Waals surface area contributed by atoms with Crippen LogP contribution in [-0.4, -0.2) is 17.5 Å². The molecule has 1 amide bonds. The highest BCUT2D eigenvalue weighted by Crippen LogP contribution is 2.33. The molecule has 4 nitrogen and oxygen atoms in total. The lowest BCUT2D eigenvalue weighted by Crippen LogP contribution is -2.14. The molecule has 0 aliphatic heterocycles. The van der Waals surface area contributed by atoms with Crippen LogP contribution in [0.25, 0.3) is 11.3 Å². The molecule has 1 aliphatic carbocycles. The SMILES string of the molecule is O=C(CC1C=CCC1)Nc1nc(-c2ccccc2OC(F)F)cs1. The van der Waals surface area contributed by atoms with Crippen LogP contribution in [0.15, 0.2) is 41.8 Å². The number of halogens is 2. The first kappa shape index (κ1) is 16.6. The summed E-state index contributed by atoms with van der Waals surface area (Å²) in [6.07, 6.45) is 6.58. The summed E-state index contributed by atoms with van der Waals surface area (Å²) in [5.41, 5.74) is 0.959. The average Bonchev–Trinajstić information content (AvgIpc) is 3.19. The zero-order valence-corrected chi connectivity index (χ0v) is 13.6. The van der Waals surface area contributed by atoms with Crippen molar-refractivity contribution in [2.45, 2.75) is 25.9 Å². The van der Waals surface area contributed by atoms with E-state index in [1.165, 1.54) is 17.4 Å². The van der Waals surface area contributed by atoms with Gasteiger partial charge < -0.3 is 10.1 Å². The smallest absolute Gasteiger partial charge is 0.387 e. The predicted octanol–water partition coefficient (Wildman–Crippen LogP) is 4.71. The zero-order valence-electron chi connectivity index (χ0n) is 12.7. The Morgan fingerprint density at radius 3 is 3.00 bits per heavy atom. The van der Waals surface area contributed by atoms with Gasteiger partial charge in [-0.1, -0.05) is 24.3 Å². The van der Waals surface area contributed by atoms with E-state index in [2.05, 4.69) is 27.2 Å². The summed E-state index contributed by atoms with van der Waals surface area (Å²) in [5.74, 6) is 0.251. The van der Waals surface area contributed by atoms with Gasteiger partial charge >= 0.3 is 6.61 Å². The molecule has 0 saturated carbocycles. The molecule has 24 heavy (non-hydrogen) atoms. The van der Waals surface area contributed by atoms with Gasteiger partial charge in [-0.15, -0.1) is 11.3 Å². The summed E-state index contributed by atoms with van der Waals surface area (Å²) >= 11 is 1.25. The number of thiazole rings is 1. The Labute approximate surface area is 142 Å². The van der Waals surface area contributed by atoms with Gasteiger partial charge in [0.15, 0.2) is 5.13 Å². The van der Waals surface area contributed by atoms with Gasteiger partial charge in [0.05, 0.1) is 5.69 Å². The van der Waals surface area contributed by atoms with E-state index in [-0.39, 0.29) is 17.6 Å². The molecule has 1 N–H and O–H groups in total. The van der Waals surface area contributed by atoms with E-state index < -0.39 is 6.61 Å². The lowest BCUT2D eigenvalue weighted by molar-refractivity contribution is -0.116. The fraction of sp³-hybridized carbons (Fsp3) is 0.294. The number of aromatic nitrogens is 1. The number of nitrogens with zero attached hydrogens (tertiary/aromatic N) is 1. The standard InChI is InChI=1S/C17H16F2N2O2S/c18-16(19)23-14-8-4-3-7-12(14)13-10-24-17(20-13)21-15(22)9-11-5-1-2-6-11/h1,3-5,7-8,10-11,16H,2,6,9H2,(H,20,21,22). The quantitative estimate of drug-likeness (QED) is 0.768. The minimum atomic E-state index is -2.90. The molecule has 0 fully saturated rings. The summed E-state index contributed by atoms with van der Waals surface area (Å²) in [5, 5.41) is 4.92. The molecule has 0 saturated heterocycles. The molecule has 1 heterocycles. The van der Waals surface area contributed by atoms with Crippen LogP contribution in [0.1, 0.15) is 19.3 Å². The van der Waals surface area contributed by atoms with Gasteiger partial charge in [-0.25, -0.2) is 4.98 Å². The normalized spacial score (nSPS) is 16.5. The van der Waals surface area contributed by atoms with E-state index >= 15 is 0 Å². The van der Waals surface area contributed by atoms with Crippen molar-refractivity contribution in [3.63, 3.8) is 0 Å². The maximum Gasteiger partial charge on any atom is 0.387 e. The van der Waals surface area contributed by atoms with Gasteiger partial charge in [-0.05, 0) is 30.9 Å². The average molecular weight is 350 g/mol. The number of nitrogens with one attached hydrogen (secondary N) is 1. The van der Waals surface area contributed by atoms with Crippen molar-refractivity contribution in [3.8, 4) is 17.0 Å². The molecular weight excluding hydrogens is 334 g/mol. The molecule has 1 unspecified atom stereocenters. The van der Waals surface area contributed by atoms with Gasteiger partial charge in [0.25, 0.3) is 0 Å². The molecule has 7 heteroatoms. The minimum absolute atomic E-state index is 0.0618. The summed E-state index contributed by atoms with van der Waals surface area (Å²) < 4.78 is 29.5. The van der Waals surface area contributed by atoms with E-state index in [1.54, 1.807) is 23.6 Å². The van der Waals surface area contributed by atoms with Crippen LogP contribution in [0.3, 0.4) is 0 Å². The number of rotatable bonds is 6. The lowest BCUT2D eigenvalue weighted by atomic mass is 10.1. The molecule has 1 aliphatic rings. The van der Waals surface area contributed by atoms with E-state index in [9.17, 15) is 13.6 Å². The van der Waals surface area contributed by atoms with Crippen LogP contribution >= 0.6 is 11.3 Å². The first-order chi connectivity index (χ1) is 11.6. The highest BCUT2D eigenvalue weighted by molar-refractivity contribution is 7.14. The number of benzene rings is 1. The minimum Gasteiger partial charge on any atom is -0.434 e. The van der Waals surface area contributed by atoms with Gasteiger partial charge in [0.1, 0.15) is 5.75 Å². The van der Waals surface area contributed by atoms with Crippen LogP contribution in [0, 0.1) is 5.92 Å². The highest BCUT2D eigenvalue weighted by Gasteiger charge is 2.17. The van der Waals surface area contributed by atoms with Crippen molar-refractivity contribution in [1.82, 2.24) is 4.98 Å². The molecule has 126 valence electrons. The number of anilines is 1. The molecular formula is C17H16F2N2O2S. The van der Waals surface area contributed by atoms with Gasteiger partial charge in [0, 0.05) is 17.4 Å². The molecule has 3 rings (SSSR count). The number of hydrogen-bond acceptors (Lipinski definition) is 4. The third-order valence-corrected chi connectivity index (χ3v) is 4.45. The summed E-state index contributed by atoms with van der Waals surface area (Å²) in [7, 11) is 0. The number of para-hydroxylation sites is 1. The van der Waals surface area contributed by atoms with Crippen molar-refractivity contribution >= 4 is 22.4 Å². The van der Waals surface area contributed by atoms with E-state index in [0.29, 0.717) is 22.8 Å². The Morgan fingerprint density at radius 2 is 2.25 bits per heavy atom. The number of hydrogen-bond donors (Lipinski definition) is 1. The number of alkyl halides is 2. The Balaban J connectivity index is 1.69.